The topological polar surface area (TPSA) is 80.5 Å². The Kier molecular flexibility index (Phi) is 6.72. The number of likely N-dealkylation sites (tertiary alicyclic amines) is 1. The van der Waals surface area contributed by atoms with E-state index >= 15 is 0 Å². The Balaban J connectivity index is 1.48. The van der Waals surface area contributed by atoms with Gasteiger partial charge in [-0.05, 0) is 44.0 Å². The van der Waals surface area contributed by atoms with Gasteiger partial charge in [-0.3, -0.25) is 9.69 Å². The summed E-state index contributed by atoms with van der Waals surface area (Å²) < 4.78 is 19.2. The summed E-state index contributed by atoms with van der Waals surface area (Å²) in [6.45, 7) is 5.97. The van der Waals surface area contributed by atoms with E-state index in [2.05, 4.69) is 27.3 Å². The molecule has 1 atom stereocenters. The van der Waals surface area contributed by atoms with Crippen molar-refractivity contribution < 1.29 is 13.9 Å². The molecule has 0 unspecified atom stereocenters. The second kappa shape index (κ2) is 9.67. The van der Waals surface area contributed by atoms with Crippen molar-refractivity contribution in [1.82, 2.24) is 9.88 Å². The number of nitrogens with one attached hydrogen (secondary N) is 1. The number of nitrogens with zero attached hydrogens (tertiary/aromatic N) is 2. The Morgan fingerprint density at radius 2 is 2.09 bits per heavy atom. The van der Waals surface area contributed by atoms with Crippen molar-refractivity contribution in [3.8, 4) is 17.0 Å². The molecule has 8 heteroatoms. The predicted molar refractivity (Wildman–Crippen MR) is 126 cm³/mol. The van der Waals surface area contributed by atoms with E-state index in [-0.39, 0.29) is 6.10 Å². The average molecular weight is 455 g/mol. The fourth-order valence-corrected chi connectivity index (χ4v) is 4.42. The van der Waals surface area contributed by atoms with Crippen molar-refractivity contribution in [3.63, 3.8) is 0 Å². The number of primary amides is 1. The largest absolute Gasteiger partial charge is 0.489 e. The molecule has 4 rings (SSSR count). The number of ether oxygens (including phenoxy) is 1. The summed E-state index contributed by atoms with van der Waals surface area (Å²) in [4.78, 5) is 18.4. The van der Waals surface area contributed by atoms with Gasteiger partial charge in [0.25, 0.3) is 0 Å². The van der Waals surface area contributed by atoms with E-state index in [0.717, 1.165) is 29.9 Å². The van der Waals surface area contributed by atoms with Gasteiger partial charge in [0.15, 0.2) is 5.13 Å². The Morgan fingerprint density at radius 1 is 1.31 bits per heavy atom. The smallest absolute Gasteiger partial charge is 0.248 e. The van der Waals surface area contributed by atoms with Crippen LogP contribution in [0.2, 0.25) is 0 Å². The molecular formula is C24H27FN4O2S. The van der Waals surface area contributed by atoms with E-state index in [1.54, 1.807) is 18.2 Å². The minimum absolute atomic E-state index is 0.0169. The monoisotopic (exact) mass is 454 g/mol. The molecule has 3 N–H and O–H groups in total. The van der Waals surface area contributed by atoms with Gasteiger partial charge in [0.1, 0.15) is 11.9 Å². The number of aromatic nitrogens is 1. The Hall–Kier alpha value is -2.97. The fraction of sp³-hybridized carbons (Fsp3) is 0.333. The molecule has 3 aromatic rings. The van der Waals surface area contributed by atoms with Crippen LogP contribution in [0, 0.1) is 0 Å². The fourth-order valence-electron chi connectivity index (χ4n) is 3.68. The first-order valence-corrected chi connectivity index (χ1v) is 11.5. The molecule has 0 saturated carbocycles. The zero-order valence-corrected chi connectivity index (χ0v) is 19.0. The van der Waals surface area contributed by atoms with Gasteiger partial charge in [-0.25, -0.2) is 9.37 Å². The third-order valence-corrected chi connectivity index (χ3v) is 6.00. The molecule has 1 amide bonds. The number of hydrogen-bond donors (Lipinski definition) is 2. The zero-order chi connectivity index (χ0) is 22.7. The lowest BCUT2D eigenvalue weighted by atomic mass is 10.1. The lowest BCUT2D eigenvalue weighted by Gasteiger charge is -2.15. The third-order valence-electron chi connectivity index (χ3n) is 5.24. The first kappa shape index (κ1) is 22.2. The predicted octanol–water partition coefficient (Wildman–Crippen LogP) is 4.98. The minimum Gasteiger partial charge on any atom is -0.489 e. The molecule has 1 saturated heterocycles. The highest BCUT2D eigenvalue weighted by atomic mass is 32.1. The molecule has 1 aliphatic rings. The molecule has 0 spiro atoms. The summed E-state index contributed by atoms with van der Waals surface area (Å²) in [5.74, 6) is 0.128. The maximum atomic E-state index is 13.4. The number of carbonyl (C=O) groups excluding carboxylic acids is 1. The van der Waals surface area contributed by atoms with Gasteiger partial charge in [0.2, 0.25) is 5.91 Å². The van der Waals surface area contributed by atoms with Crippen LogP contribution in [0.1, 0.15) is 36.2 Å². The van der Waals surface area contributed by atoms with Gasteiger partial charge in [-0.1, -0.05) is 24.3 Å². The molecule has 168 valence electrons. The quantitative estimate of drug-likeness (QED) is 0.502. The summed E-state index contributed by atoms with van der Waals surface area (Å²) in [7, 11) is 0. The van der Waals surface area contributed by atoms with E-state index in [1.807, 2.05) is 31.4 Å². The number of anilines is 2. The first-order chi connectivity index (χ1) is 15.4. The van der Waals surface area contributed by atoms with Gasteiger partial charge in [0, 0.05) is 36.1 Å². The number of benzene rings is 2. The summed E-state index contributed by atoms with van der Waals surface area (Å²) in [5, 5.41) is 5.92. The van der Waals surface area contributed by atoms with Crippen LogP contribution in [0.5, 0.6) is 5.75 Å². The van der Waals surface area contributed by atoms with E-state index in [4.69, 9.17) is 10.5 Å². The maximum absolute atomic E-state index is 13.4. The molecule has 0 aliphatic carbocycles. The summed E-state index contributed by atoms with van der Waals surface area (Å²) in [5.41, 5.74) is 9.50. The highest BCUT2D eigenvalue weighted by molar-refractivity contribution is 7.14. The van der Waals surface area contributed by atoms with E-state index in [9.17, 15) is 9.18 Å². The summed E-state index contributed by atoms with van der Waals surface area (Å²) >= 11 is 1.47. The second-order valence-electron chi connectivity index (χ2n) is 8.22. The Bertz CT molecular complexity index is 1080. The second-order valence-corrected chi connectivity index (χ2v) is 9.08. The van der Waals surface area contributed by atoms with Crippen LogP contribution >= 0.6 is 11.3 Å². The molecule has 1 aromatic heterocycles. The van der Waals surface area contributed by atoms with Crippen molar-refractivity contribution in [3.05, 3.63) is 59.0 Å². The number of alkyl halides is 1. The molecule has 2 heterocycles. The van der Waals surface area contributed by atoms with Gasteiger partial charge in [-0.15, -0.1) is 11.3 Å². The number of rotatable bonds is 8. The molecule has 6 nitrogen and oxygen atoms in total. The standard InChI is InChI=1S/C24H27FN4O2S/c1-15(2)31-22-8-7-18(23(26)30)11-20(22)27-24-28-21(14-32-24)17-5-3-16(4-6-17)12-29-10-9-19(25)13-29/h3-8,11,14-15,19H,9-10,12-13H2,1-2H3,(H2,26,30)(H,27,28)/t19-/m1/s1. The molecule has 0 bridgehead atoms. The number of hydrogen-bond acceptors (Lipinski definition) is 6. The molecule has 1 fully saturated rings. The van der Waals surface area contributed by atoms with Gasteiger partial charge in [0.05, 0.1) is 17.5 Å². The number of amides is 1. The number of halogens is 1. The summed E-state index contributed by atoms with van der Waals surface area (Å²) in [6, 6.07) is 13.3. The van der Waals surface area contributed by atoms with Crippen molar-refractivity contribution >= 4 is 28.1 Å². The van der Waals surface area contributed by atoms with Gasteiger partial charge in [-0.2, -0.15) is 0 Å². The SMILES string of the molecule is CC(C)Oc1ccc(C(N)=O)cc1Nc1nc(-c2ccc(CN3CC[C@@H](F)C3)cc2)cs1. The van der Waals surface area contributed by atoms with Crippen LogP contribution in [0.4, 0.5) is 15.2 Å². The lowest BCUT2D eigenvalue weighted by molar-refractivity contribution is 0.100. The van der Waals surface area contributed by atoms with Crippen molar-refractivity contribution in [2.24, 2.45) is 5.73 Å². The van der Waals surface area contributed by atoms with Crippen LogP contribution in [-0.2, 0) is 6.54 Å². The molecule has 32 heavy (non-hydrogen) atoms. The number of nitrogens with two attached hydrogens (primary N) is 1. The van der Waals surface area contributed by atoms with Crippen LogP contribution in [-0.4, -0.2) is 41.2 Å². The highest BCUT2D eigenvalue weighted by Crippen LogP contribution is 2.33. The van der Waals surface area contributed by atoms with Crippen LogP contribution in [0.3, 0.4) is 0 Å². The highest BCUT2D eigenvalue weighted by Gasteiger charge is 2.21. The first-order valence-electron chi connectivity index (χ1n) is 10.7. The average Bonchev–Trinajstić information content (AvgIpc) is 3.38. The number of thiazole rings is 1. The van der Waals surface area contributed by atoms with Crippen LogP contribution in [0.15, 0.2) is 47.8 Å². The Morgan fingerprint density at radius 3 is 2.75 bits per heavy atom. The van der Waals surface area contributed by atoms with Crippen molar-refractivity contribution in [2.75, 3.05) is 18.4 Å². The zero-order valence-electron chi connectivity index (χ0n) is 18.2. The molecule has 2 aromatic carbocycles. The van der Waals surface area contributed by atoms with Crippen LogP contribution < -0.4 is 15.8 Å². The van der Waals surface area contributed by atoms with E-state index in [0.29, 0.717) is 35.1 Å². The van der Waals surface area contributed by atoms with Gasteiger partial charge >= 0.3 is 0 Å². The lowest BCUT2D eigenvalue weighted by Crippen LogP contribution is -2.20. The third kappa shape index (κ3) is 5.44. The molecule has 1 aliphatic heterocycles. The molecule has 0 radical (unpaired) electrons. The summed E-state index contributed by atoms with van der Waals surface area (Å²) in [6.07, 6.45) is -0.0964. The number of carbonyl (C=O) groups is 1. The normalized spacial score (nSPS) is 16.4. The van der Waals surface area contributed by atoms with E-state index in [1.165, 1.54) is 11.3 Å². The minimum atomic E-state index is -0.703. The van der Waals surface area contributed by atoms with Crippen LogP contribution in [0.25, 0.3) is 11.3 Å². The van der Waals surface area contributed by atoms with E-state index < -0.39 is 12.1 Å². The molecular weight excluding hydrogens is 427 g/mol. The maximum Gasteiger partial charge on any atom is 0.248 e. The van der Waals surface area contributed by atoms with Crippen molar-refractivity contribution in [1.29, 1.82) is 0 Å². The Labute approximate surface area is 191 Å². The van der Waals surface area contributed by atoms with Gasteiger partial charge < -0.3 is 15.8 Å². The van der Waals surface area contributed by atoms with Crippen molar-refractivity contribution in [2.45, 2.75) is 39.1 Å².